The molecule has 1 aromatic carbocycles. The fourth-order valence-corrected chi connectivity index (χ4v) is 3.44. The Labute approximate surface area is 168 Å². The summed E-state index contributed by atoms with van der Waals surface area (Å²) in [7, 11) is 2.71. The van der Waals surface area contributed by atoms with Crippen LogP contribution in [0.25, 0.3) is 0 Å². The Hall–Kier alpha value is -3.13. The average molecular weight is 400 g/mol. The van der Waals surface area contributed by atoms with E-state index in [2.05, 4.69) is 10.6 Å². The predicted octanol–water partition coefficient (Wildman–Crippen LogP) is 2.46. The van der Waals surface area contributed by atoms with Crippen LogP contribution in [0.5, 0.6) is 5.75 Å². The van der Waals surface area contributed by atoms with Gasteiger partial charge in [0, 0.05) is 12.5 Å². The number of methoxy groups -OCH3 is 2. The topological polar surface area (TPSA) is 107 Å². The largest absolute Gasteiger partial charge is 0.495 e. The molecule has 0 aliphatic carbocycles. The molecule has 1 aliphatic rings. The fourth-order valence-electron chi connectivity index (χ4n) is 3.44. The van der Waals surface area contributed by atoms with Crippen molar-refractivity contribution in [1.82, 2.24) is 5.32 Å². The van der Waals surface area contributed by atoms with Crippen LogP contribution in [0.3, 0.4) is 0 Å². The molecule has 1 amide bonds. The van der Waals surface area contributed by atoms with E-state index in [4.69, 9.17) is 13.9 Å². The van der Waals surface area contributed by atoms with Gasteiger partial charge in [0.05, 0.1) is 25.5 Å². The van der Waals surface area contributed by atoms with Crippen molar-refractivity contribution in [1.29, 1.82) is 0 Å². The van der Waals surface area contributed by atoms with Gasteiger partial charge in [-0.25, -0.2) is 9.59 Å². The molecule has 0 bridgehead atoms. The van der Waals surface area contributed by atoms with Gasteiger partial charge in [-0.05, 0) is 56.1 Å². The molecule has 0 radical (unpaired) electrons. The van der Waals surface area contributed by atoms with Crippen LogP contribution >= 0.6 is 0 Å². The molecule has 2 N–H and O–H groups in total. The van der Waals surface area contributed by atoms with Gasteiger partial charge in [-0.15, -0.1) is 0 Å². The number of rotatable bonds is 5. The standard InChI is InChI=1S/C21H24N2O6/c1-12-9-17(14-5-4-8-22-11-14)29-21(26)18(12)19(24)23-15-10-13(20(25)28-3)6-7-16(15)27-2/h6-7,9-10,14,22H,4-5,8,11H2,1-3H3,(H,23,24). The van der Waals surface area contributed by atoms with Crippen LogP contribution in [-0.4, -0.2) is 39.2 Å². The number of piperidine rings is 1. The number of benzene rings is 1. The van der Waals surface area contributed by atoms with E-state index in [0.717, 1.165) is 25.9 Å². The van der Waals surface area contributed by atoms with Gasteiger partial charge in [0.1, 0.15) is 17.1 Å². The Bertz CT molecular complexity index is 976. The van der Waals surface area contributed by atoms with Crippen LogP contribution in [0.2, 0.25) is 0 Å². The number of aryl methyl sites for hydroxylation is 1. The first-order valence-corrected chi connectivity index (χ1v) is 9.37. The lowest BCUT2D eigenvalue weighted by Gasteiger charge is -2.22. The first-order chi connectivity index (χ1) is 13.9. The highest BCUT2D eigenvalue weighted by atomic mass is 16.5. The van der Waals surface area contributed by atoms with Gasteiger partial charge >= 0.3 is 11.6 Å². The van der Waals surface area contributed by atoms with Crippen molar-refractivity contribution in [3.05, 3.63) is 57.1 Å². The lowest BCUT2D eigenvalue weighted by atomic mass is 9.95. The Morgan fingerprint density at radius 1 is 1.24 bits per heavy atom. The first-order valence-electron chi connectivity index (χ1n) is 9.37. The van der Waals surface area contributed by atoms with Gasteiger partial charge in [-0.1, -0.05) is 0 Å². The number of hydrogen-bond acceptors (Lipinski definition) is 7. The summed E-state index contributed by atoms with van der Waals surface area (Å²) in [5, 5.41) is 5.91. The summed E-state index contributed by atoms with van der Waals surface area (Å²) in [5.41, 5.74) is 0.254. The molecule has 0 spiro atoms. The summed E-state index contributed by atoms with van der Waals surface area (Å²) in [6.45, 7) is 3.39. The smallest absolute Gasteiger partial charge is 0.349 e. The summed E-state index contributed by atoms with van der Waals surface area (Å²) >= 11 is 0. The second-order valence-electron chi connectivity index (χ2n) is 6.90. The molecule has 29 heavy (non-hydrogen) atoms. The van der Waals surface area contributed by atoms with E-state index < -0.39 is 17.5 Å². The zero-order valence-electron chi connectivity index (χ0n) is 16.7. The Kier molecular flexibility index (Phi) is 6.33. The number of ether oxygens (including phenoxy) is 2. The lowest BCUT2D eigenvalue weighted by Crippen LogP contribution is -2.30. The number of hydrogen-bond donors (Lipinski definition) is 2. The summed E-state index contributed by atoms with van der Waals surface area (Å²) in [5.74, 6) is -0.141. The lowest BCUT2D eigenvalue weighted by molar-refractivity contribution is 0.0600. The molecular weight excluding hydrogens is 376 g/mol. The van der Waals surface area contributed by atoms with Gasteiger partial charge in [-0.2, -0.15) is 0 Å². The normalized spacial score (nSPS) is 16.2. The maximum absolute atomic E-state index is 12.8. The van der Waals surface area contributed by atoms with E-state index in [1.807, 2.05) is 0 Å². The molecule has 8 nitrogen and oxygen atoms in total. The van der Waals surface area contributed by atoms with E-state index in [9.17, 15) is 14.4 Å². The number of carbonyl (C=O) groups excluding carboxylic acids is 2. The molecule has 1 fully saturated rings. The van der Waals surface area contributed by atoms with Crippen LogP contribution < -0.4 is 21.0 Å². The fraction of sp³-hybridized carbons (Fsp3) is 0.381. The van der Waals surface area contributed by atoms with Crippen molar-refractivity contribution in [2.75, 3.05) is 32.6 Å². The van der Waals surface area contributed by atoms with Crippen molar-refractivity contribution < 1.29 is 23.5 Å². The monoisotopic (exact) mass is 400 g/mol. The van der Waals surface area contributed by atoms with E-state index in [1.165, 1.54) is 32.4 Å². The summed E-state index contributed by atoms with van der Waals surface area (Å²) in [6.07, 6.45) is 1.93. The average Bonchev–Trinajstić information content (AvgIpc) is 2.73. The van der Waals surface area contributed by atoms with Gasteiger partial charge in [-0.3, -0.25) is 4.79 Å². The molecule has 1 aliphatic heterocycles. The second-order valence-corrected chi connectivity index (χ2v) is 6.90. The number of carbonyl (C=O) groups is 2. The van der Waals surface area contributed by atoms with Crippen molar-refractivity contribution in [3.63, 3.8) is 0 Å². The number of anilines is 1. The van der Waals surface area contributed by atoms with Crippen molar-refractivity contribution in [2.45, 2.75) is 25.7 Å². The maximum atomic E-state index is 12.8. The van der Waals surface area contributed by atoms with E-state index in [0.29, 0.717) is 17.1 Å². The van der Waals surface area contributed by atoms with Crippen LogP contribution in [0.15, 0.2) is 33.5 Å². The van der Waals surface area contributed by atoms with E-state index >= 15 is 0 Å². The van der Waals surface area contributed by atoms with Gasteiger partial charge in [0.15, 0.2) is 0 Å². The van der Waals surface area contributed by atoms with Gasteiger partial charge in [0.2, 0.25) is 0 Å². The molecule has 1 atom stereocenters. The molecule has 1 aromatic heterocycles. The van der Waals surface area contributed by atoms with Gasteiger partial charge in [0.25, 0.3) is 5.91 Å². The molecule has 1 unspecified atom stereocenters. The summed E-state index contributed by atoms with van der Waals surface area (Å²) in [6, 6.07) is 6.24. The highest BCUT2D eigenvalue weighted by molar-refractivity contribution is 6.06. The van der Waals surface area contributed by atoms with Crippen LogP contribution in [0.1, 0.15) is 50.8 Å². The first kappa shape index (κ1) is 20.6. The van der Waals surface area contributed by atoms with E-state index in [1.54, 1.807) is 13.0 Å². The van der Waals surface area contributed by atoms with Gasteiger partial charge < -0.3 is 24.5 Å². The Balaban J connectivity index is 1.89. The van der Waals surface area contributed by atoms with E-state index in [-0.39, 0.29) is 22.7 Å². The highest BCUT2D eigenvalue weighted by Gasteiger charge is 2.23. The number of amides is 1. The zero-order valence-corrected chi connectivity index (χ0v) is 16.7. The summed E-state index contributed by atoms with van der Waals surface area (Å²) in [4.78, 5) is 37.1. The molecule has 154 valence electrons. The SMILES string of the molecule is COC(=O)c1ccc(OC)c(NC(=O)c2c(C)cc(C3CCCNC3)oc2=O)c1. The number of nitrogens with one attached hydrogen (secondary N) is 2. The van der Waals surface area contributed by atoms with Crippen LogP contribution in [0.4, 0.5) is 5.69 Å². The summed E-state index contributed by atoms with van der Waals surface area (Å²) < 4.78 is 15.4. The minimum absolute atomic E-state index is 0.0805. The Morgan fingerprint density at radius 3 is 2.66 bits per heavy atom. The molecule has 2 heterocycles. The van der Waals surface area contributed by atoms with Crippen molar-refractivity contribution in [2.24, 2.45) is 0 Å². The van der Waals surface area contributed by atoms with Crippen LogP contribution in [-0.2, 0) is 4.74 Å². The van der Waals surface area contributed by atoms with Crippen molar-refractivity contribution in [3.8, 4) is 5.75 Å². The molecule has 1 saturated heterocycles. The van der Waals surface area contributed by atoms with Crippen molar-refractivity contribution >= 4 is 17.6 Å². The molecule has 8 heteroatoms. The van der Waals surface area contributed by atoms with Crippen LogP contribution in [0, 0.1) is 6.92 Å². The third-order valence-corrected chi connectivity index (χ3v) is 4.96. The quantitative estimate of drug-likeness (QED) is 0.743. The molecule has 0 saturated carbocycles. The third kappa shape index (κ3) is 4.48. The molecular formula is C21H24N2O6. The predicted molar refractivity (Wildman–Crippen MR) is 107 cm³/mol. The molecule has 2 aromatic rings. The maximum Gasteiger partial charge on any atom is 0.349 e. The minimum atomic E-state index is -0.689. The third-order valence-electron chi connectivity index (χ3n) is 4.96. The molecule has 3 rings (SSSR count). The minimum Gasteiger partial charge on any atom is -0.495 e. The second kappa shape index (κ2) is 8.91. The Morgan fingerprint density at radius 2 is 2.03 bits per heavy atom. The highest BCUT2D eigenvalue weighted by Crippen LogP contribution is 2.27. The number of esters is 1. The zero-order chi connectivity index (χ0) is 21.0.